The van der Waals surface area contributed by atoms with Crippen molar-refractivity contribution in [1.82, 2.24) is 0 Å². The number of aliphatic carboxylic acids is 1. The van der Waals surface area contributed by atoms with Gasteiger partial charge in [-0.3, -0.25) is 4.79 Å². The lowest BCUT2D eigenvalue weighted by Gasteiger charge is -2.12. The molecule has 0 saturated carbocycles. The number of hydrogen-bond acceptors (Lipinski definition) is 3. The summed E-state index contributed by atoms with van der Waals surface area (Å²) in [5.74, 6) is -0.894. The molecule has 0 aliphatic carbocycles. The molecule has 0 fully saturated rings. The smallest absolute Gasteiger partial charge is 0.336 e. The number of carboxylic acids is 1. The Hall–Kier alpha value is -3.66. The van der Waals surface area contributed by atoms with Crippen LogP contribution in [0.1, 0.15) is 27.0 Å². The first-order valence-corrected chi connectivity index (χ1v) is 8.39. The first-order valence-electron chi connectivity index (χ1n) is 8.39. The molecule has 0 heterocycles. The molecule has 0 amide bonds. The van der Waals surface area contributed by atoms with Crippen LogP contribution in [0.4, 0.5) is 0 Å². The molecular formula is C23H18O4. The maximum absolute atomic E-state index is 13.1. The zero-order chi connectivity index (χ0) is 19.2. The van der Waals surface area contributed by atoms with E-state index in [0.29, 0.717) is 28.0 Å². The molecule has 0 aromatic heterocycles. The van der Waals surface area contributed by atoms with Gasteiger partial charge in [0.1, 0.15) is 5.75 Å². The third-order valence-electron chi connectivity index (χ3n) is 4.16. The predicted octanol–water partition coefficient (Wildman–Crippen LogP) is 4.55. The van der Waals surface area contributed by atoms with E-state index in [0.717, 1.165) is 0 Å². The van der Waals surface area contributed by atoms with Crippen LogP contribution in [0.15, 0.2) is 78.9 Å². The average molecular weight is 358 g/mol. The van der Waals surface area contributed by atoms with Crippen LogP contribution in [0, 0.1) is 0 Å². The molecular weight excluding hydrogens is 340 g/mol. The van der Waals surface area contributed by atoms with Crippen molar-refractivity contribution in [1.29, 1.82) is 0 Å². The molecule has 1 N–H and O–H groups in total. The molecule has 0 unspecified atom stereocenters. The van der Waals surface area contributed by atoms with E-state index < -0.39 is 5.97 Å². The second kappa shape index (κ2) is 8.15. The Labute approximate surface area is 157 Å². The van der Waals surface area contributed by atoms with E-state index in [4.69, 9.17) is 4.74 Å². The summed E-state index contributed by atoms with van der Waals surface area (Å²) >= 11 is 0. The number of carbonyl (C=O) groups excluding carboxylic acids is 1. The zero-order valence-corrected chi connectivity index (χ0v) is 14.8. The highest BCUT2D eigenvalue weighted by Crippen LogP contribution is 2.29. The SMILES string of the molecule is COc1cccc(C=C(C(=O)O)c2ccccc2)c1C(=O)c1ccccc1. The zero-order valence-electron chi connectivity index (χ0n) is 14.8. The number of benzene rings is 3. The van der Waals surface area contributed by atoms with E-state index in [9.17, 15) is 14.7 Å². The summed E-state index contributed by atoms with van der Waals surface area (Å²) in [6, 6.07) is 22.8. The molecule has 3 aromatic carbocycles. The number of carboxylic acid groups (broad SMARTS) is 1. The minimum absolute atomic E-state index is 0.103. The van der Waals surface area contributed by atoms with E-state index in [1.807, 2.05) is 12.1 Å². The van der Waals surface area contributed by atoms with E-state index >= 15 is 0 Å². The fourth-order valence-electron chi connectivity index (χ4n) is 2.86. The van der Waals surface area contributed by atoms with E-state index in [2.05, 4.69) is 0 Å². The standard InChI is InChI=1S/C23H18O4/c1-27-20-14-8-13-18(21(20)22(24)17-11-6-3-7-12-17)15-19(23(25)26)16-9-4-2-5-10-16/h2-15H,1H3,(H,25,26). The van der Waals surface area contributed by atoms with Gasteiger partial charge in [-0.15, -0.1) is 0 Å². The Morgan fingerprint density at radius 3 is 1.96 bits per heavy atom. The molecule has 4 nitrogen and oxygen atoms in total. The lowest BCUT2D eigenvalue weighted by atomic mass is 9.94. The number of methoxy groups -OCH3 is 1. The summed E-state index contributed by atoms with van der Waals surface area (Å²) in [7, 11) is 1.49. The highest BCUT2D eigenvalue weighted by Gasteiger charge is 2.19. The van der Waals surface area contributed by atoms with Crippen LogP contribution in [-0.4, -0.2) is 24.0 Å². The van der Waals surface area contributed by atoms with Crippen molar-refractivity contribution in [3.8, 4) is 5.75 Å². The number of hydrogen-bond donors (Lipinski definition) is 1. The molecule has 0 radical (unpaired) electrons. The second-order valence-corrected chi connectivity index (χ2v) is 5.85. The summed E-state index contributed by atoms with van der Waals surface area (Å²) < 4.78 is 5.38. The van der Waals surface area contributed by atoms with Gasteiger partial charge in [0.15, 0.2) is 5.78 Å². The Morgan fingerprint density at radius 2 is 1.41 bits per heavy atom. The maximum atomic E-state index is 13.1. The van der Waals surface area contributed by atoms with Crippen molar-refractivity contribution < 1.29 is 19.4 Å². The molecule has 0 aliphatic rings. The molecule has 134 valence electrons. The third kappa shape index (κ3) is 3.96. The molecule has 3 rings (SSSR count). The van der Waals surface area contributed by atoms with Crippen LogP contribution < -0.4 is 4.74 Å². The Kier molecular flexibility index (Phi) is 5.47. The summed E-state index contributed by atoms with van der Waals surface area (Å²) in [6.07, 6.45) is 1.51. The average Bonchev–Trinajstić information content (AvgIpc) is 2.72. The lowest BCUT2D eigenvalue weighted by Crippen LogP contribution is -2.07. The van der Waals surface area contributed by atoms with Crippen molar-refractivity contribution in [2.24, 2.45) is 0 Å². The largest absolute Gasteiger partial charge is 0.496 e. The predicted molar refractivity (Wildman–Crippen MR) is 105 cm³/mol. The number of ether oxygens (including phenoxy) is 1. The highest BCUT2D eigenvalue weighted by atomic mass is 16.5. The molecule has 3 aromatic rings. The minimum atomic E-state index is -1.07. The Bertz CT molecular complexity index is 989. The summed E-state index contributed by atoms with van der Waals surface area (Å²) in [5, 5.41) is 9.68. The maximum Gasteiger partial charge on any atom is 0.336 e. The van der Waals surface area contributed by atoms with Gasteiger partial charge in [-0.1, -0.05) is 72.8 Å². The van der Waals surface area contributed by atoms with Gasteiger partial charge in [-0.05, 0) is 23.3 Å². The van der Waals surface area contributed by atoms with Gasteiger partial charge in [0, 0.05) is 5.56 Å². The van der Waals surface area contributed by atoms with Gasteiger partial charge >= 0.3 is 5.97 Å². The quantitative estimate of drug-likeness (QED) is 0.399. The van der Waals surface area contributed by atoms with E-state index in [1.54, 1.807) is 66.7 Å². The molecule has 0 atom stereocenters. The van der Waals surface area contributed by atoms with Gasteiger partial charge in [0.25, 0.3) is 0 Å². The van der Waals surface area contributed by atoms with Crippen molar-refractivity contribution in [3.63, 3.8) is 0 Å². The fraction of sp³-hybridized carbons (Fsp3) is 0.0435. The van der Waals surface area contributed by atoms with Gasteiger partial charge in [-0.25, -0.2) is 4.79 Å². The van der Waals surface area contributed by atoms with Crippen LogP contribution in [0.3, 0.4) is 0 Å². The fourth-order valence-corrected chi connectivity index (χ4v) is 2.86. The van der Waals surface area contributed by atoms with Crippen molar-refractivity contribution in [2.75, 3.05) is 7.11 Å². The molecule has 0 spiro atoms. The third-order valence-corrected chi connectivity index (χ3v) is 4.16. The first kappa shape index (κ1) is 18.1. The minimum Gasteiger partial charge on any atom is -0.496 e. The molecule has 0 bridgehead atoms. The molecule has 27 heavy (non-hydrogen) atoms. The van der Waals surface area contributed by atoms with E-state index in [-0.39, 0.29) is 11.4 Å². The first-order chi connectivity index (χ1) is 13.1. The van der Waals surface area contributed by atoms with Crippen LogP contribution in [0.5, 0.6) is 5.75 Å². The van der Waals surface area contributed by atoms with Crippen LogP contribution in [0.2, 0.25) is 0 Å². The van der Waals surface area contributed by atoms with Gasteiger partial charge < -0.3 is 9.84 Å². The number of ketones is 1. The Balaban J connectivity index is 2.18. The highest BCUT2D eigenvalue weighted by molar-refractivity contribution is 6.22. The van der Waals surface area contributed by atoms with Crippen LogP contribution >= 0.6 is 0 Å². The van der Waals surface area contributed by atoms with Crippen molar-refractivity contribution in [2.45, 2.75) is 0 Å². The van der Waals surface area contributed by atoms with Gasteiger partial charge in [0.05, 0.1) is 18.2 Å². The van der Waals surface area contributed by atoms with Gasteiger partial charge in [-0.2, -0.15) is 0 Å². The summed E-state index contributed by atoms with van der Waals surface area (Å²) in [6.45, 7) is 0. The molecule has 4 heteroatoms. The van der Waals surface area contributed by atoms with Crippen molar-refractivity contribution in [3.05, 3.63) is 101 Å². The van der Waals surface area contributed by atoms with Crippen molar-refractivity contribution >= 4 is 23.4 Å². The van der Waals surface area contributed by atoms with E-state index in [1.165, 1.54) is 13.2 Å². The Morgan fingerprint density at radius 1 is 0.815 bits per heavy atom. The van der Waals surface area contributed by atoms with Crippen LogP contribution in [0.25, 0.3) is 11.6 Å². The second-order valence-electron chi connectivity index (χ2n) is 5.85. The summed E-state index contributed by atoms with van der Waals surface area (Å²) in [4.78, 5) is 24.9. The summed E-state index contributed by atoms with van der Waals surface area (Å²) in [5.41, 5.74) is 2.00. The topological polar surface area (TPSA) is 63.6 Å². The monoisotopic (exact) mass is 358 g/mol. The number of rotatable bonds is 6. The molecule has 0 saturated heterocycles. The van der Waals surface area contributed by atoms with Gasteiger partial charge in [0.2, 0.25) is 0 Å². The number of carbonyl (C=O) groups is 2. The normalized spacial score (nSPS) is 11.1. The lowest BCUT2D eigenvalue weighted by molar-refractivity contribution is -0.130. The van der Waals surface area contributed by atoms with Crippen LogP contribution in [-0.2, 0) is 4.79 Å². The molecule has 0 aliphatic heterocycles.